The van der Waals surface area contributed by atoms with Crippen molar-refractivity contribution in [2.75, 3.05) is 26.7 Å². The van der Waals surface area contributed by atoms with Crippen LogP contribution in [0.4, 0.5) is 0 Å². The lowest BCUT2D eigenvalue weighted by molar-refractivity contribution is -0.143. The molecule has 2 rings (SSSR count). The number of aliphatic hydroxyl groups is 1. The van der Waals surface area contributed by atoms with Gasteiger partial charge in [0.1, 0.15) is 0 Å². The van der Waals surface area contributed by atoms with Gasteiger partial charge in [0.05, 0.1) is 5.92 Å². The number of aliphatic hydroxyl groups excluding tert-OH is 1. The molecule has 1 aromatic rings. The zero-order chi connectivity index (χ0) is 13.8. The van der Waals surface area contributed by atoms with Crippen molar-refractivity contribution in [3.8, 4) is 0 Å². The minimum absolute atomic E-state index is 0.159. The number of hydrogen-bond acceptors (Lipinski definition) is 3. The lowest BCUT2D eigenvalue weighted by Gasteiger charge is -2.34. The van der Waals surface area contributed by atoms with Crippen molar-refractivity contribution >= 4 is 5.97 Å². The maximum atomic E-state index is 11.2. The molecule has 1 heterocycles. The maximum absolute atomic E-state index is 11.2. The lowest BCUT2D eigenvalue weighted by Crippen LogP contribution is -2.40. The molecule has 2 atom stereocenters. The fourth-order valence-corrected chi connectivity index (χ4v) is 2.83. The van der Waals surface area contributed by atoms with E-state index in [1.165, 1.54) is 5.56 Å². The van der Waals surface area contributed by atoms with E-state index in [4.69, 9.17) is 5.11 Å². The van der Waals surface area contributed by atoms with Gasteiger partial charge in [0.15, 0.2) is 0 Å². The molecule has 1 aliphatic rings. The first kappa shape index (κ1) is 14.0. The quantitative estimate of drug-likeness (QED) is 0.860. The Balaban J connectivity index is 2.09. The summed E-state index contributed by atoms with van der Waals surface area (Å²) in [6, 6.07) is 8.17. The van der Waals surface area contributed by atoms with E-state index in [2.05, 4.69) is 17.0 Å². The Morgan fingerprint density at radius 3 is 2.58 bits per heavy atom. The monoisotopic (exact) mass is 263 g/mol. The fraction of sp³-hybridized carbons (Fsp3) is 0.533. The molecule has 0 bridgehead atoms. The van der Waals surface area contributed by atoms with Gasteiger partial charge in [-0.05, 0) is 36.9 Å². The standard InChI is InChI=1S/C15H21NO3/c1-16-9-13(8-14(10-16)15(18)19)12-4-2-11(3-5-12)6-7-17/h2-5,13-14,17H,6-10H2,1H3,(H,18,19). The Bertz CT molecular complexity index is 430. The third kappa shape index (κ3) is 3.55. The molecule has 0 saturated carbocycles. The molecule has 4 nitrogen and oxygen atoms in total. The predicted molar refractivity (Wildman–Crippen MR) is 73.2 cm³/mol. The average Bonchev–Trinajstić information content (AvgIpc) is 2.39. The molecule has 1 fully saturated rings. The highest BCUT2D eigenvalue weighted by Gasteiger charge is 2.30. The summed E-state index contributed by atoms with van der Waals surface area (Å²) in [5.74, 6) is -0.697. The van der Waals surface area contributed by atoms with Gasteiger partial charge >= 0.3 is 5.97 Å². The van der Waals surface area contributed by atoms with E-state index in [9.17, 15) is 9.90 Å². The van der Waals surface area contributed by atoms with Crippen LogP contribution in [0.15, 0.2) is 24.3 Å². The van der Waals surface area contributed by atoms with Gasteiger partial charge in [-0.3, -0.25) is 4.79 Å². The Morgan fingerprint density at radius 2 is 2.00 bits per heavy atom. The van der Waals surface area contributed by atoms with Crippen molar-refractivity contribution < 1.29 is 15.0 Å². The number of benzene rings is 1. The lowest BCUT2D eigenvalue weighted by atomic mass is 9.84. The van der Waals surface area contributed by atoms with E-state index in [-0.39, 0.29) is 18.4 Å². The molecule has 1 aromatic carbocycles. The first-order valence-corrected chi connectivity index (χ1v) is 6.71. The summed E-state index contributed by atoms with van der Waals surface area (Å²) < 4.78 is 0. The normalized spacial score (nSPS) is 24.3. The minimum atomic E-state index is -0.701. The Hall–Kier alpha value is -1.39. The summed E-state index contributed by atoms with van der Waals surface area (Å²) in [5.41, 5.74) is 2.31. The Kier molecular flexibility index (Phi) is 4.56. The van der Waals surface area contributed by atoms with Crippen LogP contribution in [-0.4, -0.2) is 47.8 Å². The van der Waals surface area contributed by atoms with E-state index < -0.39 is 5.97 Å². The number of hydrogen-bond donors (Lipinski definition) is 2. The number of aliphatic carboxylic acids is 1. The highest BCUT2D eigenvalue weighted by Crippen LogP contribution is 2.30. The van der Waals surface area contributed by atoms with Crippen molar-refractivity contribution in [2.45, 2.75) is 18.8 Å². The molecule has 0 radical (unpaired) electrons. The molecule has 2 unspecified atom stereocenters. The smallest absolute Gasteiger partial charge is 0.307 e. The molecule has 0 amide bonds. The van der Waals surface area contributed by atoms with Crippen molar-refractivity contribution in [3.63, 3.8) is 0 Å². The number of rotatable bonds is 4. The molecule has 1 aliphatic heterocycles. The molecular formula is C15H21NO3. The summed E-state index contributed by atoms with van der Waals surface area (Å²) in [7, 11) is 1.97. The second-order valence-corrected chi connectivity index (χ2v) is 5.40. The van der Waals surface area contributed by atoms with E-state index in [0.29, 0.717) is 19.4 Å². The second-order valence-electron chi connectivity index (χ2n) is 5.40. The third-order valence-corrected chi connectivity index (χ3v) is 3.83. The number of likely N-dealkylation sites (N-methyl/N-ethyl adjacent to an activating group) is 1. The van der Waals surface area contributed by atoms with Crippen LogP contribution in [-0.2, 0) is 11.2 Å². The van der Waals surface area contributed by atoms with Gasteiger partial charge < -0.3 is 15.1 Å². The van der Waals surface area contributed by atoms with E-state index in [0.717, 1.165) is 12.1 Å². The summed E-state index contributed by atoms with van der Waals surface area (Å²) in [4.78, 5) is 13.3. The number of carboxylic acids is 1. The molecule has 4 heteroatoms. The molecule has 0 spiro atoms. The summed E-state index contributed by atoms with van der Waals surface area (Å²) in [6.45, 7) is 1.70. The van der Waals surface area contributed by atoms with Gasteiger partial charge in [-0.1, -0.05) is 24.3 Å². The molecule has 1 saturated heterocycles. The van der Waals surface area contributed by atoms with Crippen LogP contribution in [0.2, 0.25) is 0 Å². The fourth-order valence-electron chi connectivity index (χ4n) is 2.83. The topological polar surface area (TPSA) is 60.8 Å². The van der Waals surface area contributed by atoms with Crippen molar-refractivity contribution in [2.24, 2.45) is 5.92 Å². The van der Waals surface area contributed by atoms with E-state index >= 15 is 0 Å². The van der Waals surface area contributed by atoms with Gasteiger partial charge in [-0.15, -0.1) is 0 Å². The summed E-state index contributed by atoms with van der Waals surface area (Å²) in [5, 5.41) is 18.1. The van der Waals surface area contributed by atoms with Crippen LogP contribution in [0.5, 0.6) is 0 Å². The zero-order valence-electron chi connectivity index (χ0n) is 11.2. The van der Waals surface area contributed by atoms with Crippen LogP contribution in [0.25, 0.3) is 0 Å². The SMILES string of the molecule is CN1CC(C(=O)O)CC(c2ccc(CCO)cc2)C1. The van der Waals surface area contributed by atoms with Gasteiger partial charge in [-0.25, -0.2) is 0 Å². The first-order valence-electron chi connectivity index (χ1n) is 6.71. The van der Waals surface area contributed by atoms with Crippen molar-refractivity contribution in [1.82, 2.24) is 4.90 Å². The molecule has 19 heavy (non-hydrogen) atoms. The summed E-state index contributed by atoms with van der Waals surface area (Å²) in [6.07, 6.45) is 1.38. The highest BCUT2D eigenvalue weighted by molar-refractivity contribution is 5.70. The van der Waals surface area contributed by atoms with E-state index in [1.807, 2.05) is 19.2 Å². The minimum Gasteiger partial charge on any atom is -0.481 e. The van der Waals surface area contributed by atoms with Crippen LogP contribution in [0.3, 0.4) is 0 Å². The number of piperidine rings is 1. The van der Waals surface area contributed by atoms with Crippen LogP contribution in [0, 0.1) is 5.92 Å². The number of likely N-dealkylation sites (tertiary alicyclic amines) is 1. The Morgan fingerprint density at radius 1 is 1.32 bits per heavy atom. The highest BCUT2D eigenvalue weighted by atomic mass is 16.4. The molecule has 104 valence electrons. The molecule has 0 aromatic heterocycles. The molecule has 0 aliphatic carbocycles. The second kappa shape index (κ2) is 6.17. The third-order valence-electron chi connectivity index (χ3n) is 3.83. The predicted octanol–water partition coefficient (Wildman–Crippen LogP) is 1.34. The van der Waals surface area contributed by atoms with Gasteiger partial charge in [0.25, 0.3) is 0 Å². The van der Waals surface area contributed by atoms with Gasteiger partial charge in [0.2, 0.25) is 0 Å². The molecular weight excluding hydrogens is 242 g/mol. The van der Waals surface area contributed by atoms with Crippen LogP contribution in [0.1, 0.15) is 23.5 Å². The van der Waals surface area contributed by atoms with Crippen LogP contribution >= 0.6 is 0 Å². The Labute approximate surface area is 113 Å². The van der Waals surface area contributed by atoms with Gasteiger partial charge in [0, 0.05) is 19.7 Å². The van der Waals surface area contributed by atoms with Crippen molar-refractivity contribution in [3.05, 3.63) is 35.4 Å². The maximum Gasteiger partial charge on any atom is 0.307 e. The van der Waals surface area contributed by atoms with Crippen LogP contribution < -0.4 is 0 Å². The largest absolute Gasteiger partial charge is 0.481 e. The van der Waals surface area contributed by atoms with E-state index in [1.54, 1.807) is 0 Å². The van der Waals surface area contributed by atoms with Gasteiger partial charge in [-0.2, -0.15) is 0 Å². The first-order chi connectivity index (χ1) is 9.10. The van der Waals surface area contributed by atoms with Crippen molar-refractivity contribution in [1.29, 1.82) is 0 Å². The number of nitrogens with zero attached hydrogens (tertiary/aromatic N) is 1. The average molecular weight is 263 g/mol. The zero-order valence-corrected chi connectivity index (χ0v) is 11.2. The molecule has 2 N–H and O–H groups in total. The number of carboxylic acid groups (broad SMARTS) is 1. The number of carbonyl (C=O) groups is 1. The summed E-state index contributed by atoms with van der Waals surface area (Å²) >= 11 is 0.